The number of hydrogen-bond donors (Lipinski definition) is 0. The van der Waals surface area contributed by atoms with Gasteiger partial charge in [-0.1, -0.05) is 41.8 Å². The lowest BCUT2D eigenvalue weighted by Gasteiger charge is -2.39. The fraction of sp³-hybridized carbons (Fsp3) is 0.647. The maximum absolute atomic E-state index is 6.37. The lowest BCUT2D eigenvalue weighted by Crippen LogP contribution is -2.49. The first-order valence-electron chi connectivity index (χ1n) is 8.21. The van der Waals surface area contributed by atoms with E-state index in [1.54, 1.807) is 0 Å². The first-order valence-corrected chi connectivity index (χ1v) is 8.96. The minimum Gasteiger partial charge on any atom is -0.379 e. The second kappa shape index (κ2) is 7.98. The topological polar surface area (TPSA) is 15.7 Å². The van der Waals surface area contributed by atoms with Crippen LogP contribution < -0.4 is 0 Å². The van der Waals surface area contributed by atoms with Crippen molar-refractivity contribution in [3.63, 3.8) is 0 Å². The molecule has 1 atom stereocenters. The lowest BCUT2D eigenvalue weighted by atomic mass is 10.0. The number of halogens is 2. The van der Waals surface area contributed by atoms with E-state index in [0.29, 0.717) is 16.1 Å². The van der Waals surface area contributed by atoms with Crippen molar-refractivity contribution >= 4 is 23.2 Å². The Morgan fingerprint density at radius 3 is 2.73 bits per heavy atom. The molecule has 3 nitrogen and oxygen atoms in total. The predicted octanol–water partition coefficient (Wildman–Crippen LogP) is 3.68. The third kappa shape index (κ3) is 4.15. The van der Waals surface area contributed by atoms with Gasteiger partial charge in [-0.2, -0.15) is 0 Å². The van der Waals surface area contributed by atoms with Crippen molar-refractivity contribution in [2.24, 2.45) is 0 Å². The number of morpholine rings is 1. The Balaban J connectivity index is 1.65. The molecule has 0 amide bonds. The zero-order valence-electron chi connectivity index (χ0n) is 12.9. The second-order valence-electron chi connectivity index (χ2n) is 6.25. The molecule has 1 aromatic carbocycles. The fourth-order valence-electron chi connectivity index (χ4n) is 3.45. The number of rotatable bonds is 4. The summed E-state index contributed by atoms with van der Waals surface area (Å²) in [4.78, 5) is 5.11. The number of hydrogen-bond acceptors (Lipinski definition) is 3. The molecule has 0 spiro atoms. The van der Waals surface area contributed by atoms with Gasteiger partial charge >= 0.3 is 0 Å². The van der Waals surface area contributed by atoms with Gasteiger partial charge in [0.25, 0.3) is 0 Å². The highest BCUT2D eigenvalue weighted by molar-refractivity contribution is 6.42. The van der Waals surface area contributed by atoms with Crippen molar-refractivity contribution in [2.75, 3.05) is 39.4 Å². The van der Waals surface area contributed by atoms with Crippen LogP contribution in [-0.4, -0.2) is 55.2 Å². The van der Waals surface area contributed by atoms with E-state index in [0.717, 1.165) is 51.5 Å². The first kappa shape index (κ1) is 16.5. The van der Waals surface area contributed by atoms with Crippen molar-refractivity contribution in [2.45, 2.75) is 31.8 Å². The van der Waals surface area contributed by atoms with Gasteiger partial charge in [0.1, 0.15) is 0 Å². The summed E-state index contributed by atoms with van der Waals surface area (Å²) in [7, 11) is 0. The van der Waals surface area contributed by atoms with E-state index in [1.807, 2.05) is 12.1 Å². The van der Waals surface area contributed by atoms with E-state index in [-0.39, 0.29) is 0 Å². The van der Waals surface area contributed by atoms with Crippen molar-refractivity contribution in [3.8, 4) is 0 Å². The molecule has 0 aliphatic carbocycles. The Hall–Kier alpha value is -0.320. The Morgan fingerprint density at radius 1 is 1.09 bits per heavy atom. The highest BCUT2D eigenvalue weighted by Gasteiger charge is 2.26. The molecule has 2 saturated heterocycles. The number of likely N-dealkylation sites (tertiary alicyclic amines) is 1. The molecule has 0 unspecified atom stereocenters. The van der Waals surface area contributed by atoms with E-state index >= 15 is 0 Å². The van der Waals surface area contributed by atoms with Gasteiger partial charge < -0.3 is 4.74 Å². The Bertz CT molecular complexity index is 492. The minimum absolute atomic E-state index is 0.613. The van der Waals surface area contributed by atoms with Crippen molar-refractivity contribution < 1.29 is 4.74 Å². The van der Waals surface area contributed by atoms with Crippen molar-refractivity contribution in [3.05, 3.63) is 33.8 Å². The van der Waals surface area contributed by atoms with E-state index in [9.17, 15) is 0 Å². The number of ether oxygens (including phenoxy) is 1. The third-order valence-corrected chi connectivity index (χ3v) is 5.58. The van der Waals surface area contributed by atoms with Crippen LogP contribution in [0.2, 0.25) is 10.0 Å². The van der Waals surface area contributed by atoms with Gasteiger partial charge in [0.05, 0.1) is 23.3 Å². The van der Waals surface area contributed by atoms with Crippen LogP contribution >= 0.6 is 23.2 Å². The number of piperidine rings is 1. The normalized spacial score (nSPS) is 24.5. The monoisotopic (exact) mass is 342 g/mol. The zero-order valence-corrected chi connectivity index (χ0v) is 14.5. The standard InChI is InChI=1S/C17H24Cl2N2O/c18-16-6-3-4-14(17(16)19)12-21-7-2-1-5-15(21)13-20-8-10-22-11-9-20/h3-4,6,15H,1-2,5,7-13H2/t15-/m1/s1. The van der Waals surface area contributed by atoms with E-state index < -0.39 is 0 Å². The molecule has 5 heteroatoms. The lowest BCUT2D eigenvalue weighted by molar-refractivity contribution is 0.0153. The van der Waals surface area contributed by atoms with Gasteiger partial charge in [-0.25, -0.2) is 0 Å². The molecule has 0 aromatic heterocycles. The predicted molar refractivity (Wildman–Crippen MR) is 91.8 cm³/mol. The van der Waals surface area contributed by atoms with Gasteiger partial charge in [0.15, 0.2) is 0 Å². The maximum Gasteiger partial charge on any atom is 0.0637 e. The summed E-state index contributed by atoms with van der Waals surface area (Å²) in [5, 5.41) is 1.36. The molecule has 22 heavy (non-hydrogen) atoms. The van der Waals surface area contributed by atoms with Crippen LogP contribution in [0.1, 0.15) is 24.8 Å². The van der Waals surface area contributed by atoms with E-state index in [2.05, 4.69) is 15.9 Å². The average molecular weight is 343 g/mol. The summed E-state index contributed by atoms with van der Waals surface area (Å²) in [6.07, 6.45) is 3.88. The SMILES string of the molecule is Clc1cccc(CN2CCCC[C@@H]2CN2CCOCC2)c1Cl. The smallest absolute Gasteiger partial charge is 0.0637 e. The van der Waals surface area contributed by atoms with Gasteiger partial charge in [-0.05, 0) is 31.0 Å². The Labute approximate surface area is 143 Å². The van der Waals surface area contributed by atoms with Crippen LogP contribution in [0.15, 0.2) is 18.2 Å². The first-order chi connectivity index (χ1) is 10.7. The Morgan fingerprint density at radius 2 is 1.91 bits per heavy atom. The summed E-state index contributed by atoms with van der Waals surface area (Å²) in [6.45, 7) is 7.04. The van der Waals surface area contributed by atoms with Crippen molar-refractivity contribution in [1.29, 1.82) is 0 Å². The quantitative estimate of drug-likeness (QED) is 0.829. The molecule has 2 fully saturated rings. The molecule has 0 saturated carbocycles. The zero-order chi connectivity index (χ0) is 15.4. The number of benzene rings is 1. The average Bonchev–Trinajstić information content (AvgIpc) is 2.55. The van der Waals surface area contributed by atoms with Crippen LogP contribution in [0, 0.1) is 0 Å². The van der Waals surface area contributed by atoms with Gasteiger partial charge in [-0.15, -0.1) is 0 Å². The molecule has 2 aliphatic rings. The number of nitrogens with zero attached hydrogens (tertiary/aromatic N) is 2. The van der Waals surface area contributed by atoms with Crippen LogP contribution in [-0.2, 0) is 11.3 Å². The summed E-state index contributed by atoms with van der Waals surface area (Å²) < 4.78 is 5.45. The molecule has 0 N–H and O–H groups in total. The maximum atomic E-state index is 6.37. The highest BCUT2D eigenvalue weighted by Crippen LogP contribution is 2.28. The third-order valence-electron chi connectivity index (χ3n) is 4.73. The van der Waals surface area contributed by atoms with Gasteiger partial charge in [0, 0.05) is 32.2 Å². The van der Waals surface area contributed by atoms with E-state index in [4.69, 9.17) is 27.9 Å². The second-order valence-corrected chi connectivity index (χ2v) is 7.03. The van der Waals surface area contributed by atoms with Crippen LogP contribution in [0.25, 0.3) is 0 Å². The van der Waals surface area contributed by atoms with Crippen molar-refractivity contribution in [1.82, 2.24) is 9.80 Å². The highest BCUT2D eigenvalue weighted by atomic mass is 35.5. The summed E-state index contributed by atoms with van der Waals surface area (Å²) in [5.41, 5.74) is 1.14. The Kier molecular flexibility index (Phi) is 6.00. The summed E-state index contributed by atoms with van der Waals surface area (Å²) in [6, 6.07) is 6.55. The van der Waals surface area contributed by atoms with Crippen LogP contribution in [0.5, 0.6) is 0 Å². The van der Waals surface area contributed by atoms with Crippen LogP contribution in [0.4, 0.5) is 0 Å². The van der Waals surface area contributed by atoms with Gasteiger partial charge in [0.2, 0.25) is 0 Å². The minimum atomic E-state index is 0.613. The summed E-state index contributed by atoms with van der Waals surface area (Å²) in [5.74, 6) is 0. The molecular formula is C17H24Cl2N2O. The molecule has 0 radical (unpaired) electrons. The molecule has 2 heterocycles. The molecule has 0 bridgehead atoms. The molecular weight excluding hydrogens is 319 g/mol. The molecule has 122 valence electrons. The molecule has 1 aromatic rings. The fourth-order valence-corrected chi connectivity index (χ4v) is 3.83. The van der Waals surface area contributed by atoms with E-state index in [1.165, 1.54) is 19.3 Å². The van der Waals surface area contributed by atoms with Gasteiger partial charge in [-0.3, -0.25) is 9.80 Å². The largest absolute Gasteiger partial charge is 0.379 e. The van der Waals surface area contributed by atoms with Crippen LogP contribution in [0.3, 0.4) is 0 Å². The summed E-state index contributed by atoms with van der Waals surface area (Å²) >= 11 is 12.5. The molecule has 2 aliphatic heterocycles. The molecule has 3 rings (SSSR count).